The van der Waals surface area contributed by atoms with Crippen LogP contribution in [-0.2, 0) is 0 Å². The molecule has 0 saturated heterocycles. The fourth-order valence-corrected chi connectivity index (χ4v) is 2.92. The molecule has 1 fully saturated rings. The maximum atomic E-state index is 3.75. The number of hydrogen-bond acceptors (Lipinski definition) is 0. The summed E-state index contributed by atoms with van der Waals surface area (Å²) < 4.78 is 0. The predicted molar refractivity (Wildman–Crippen MR) is 54.2 cm³/mol. The van der Waals surface area contributed by atoms with Gasteiger partial charge < -0.3 is 0 Å². The lowest BCUT2D eigenvalue weighted by Crippen LogP contribution is -2.04. The van der Waals surface area contributed by atoms with Crippen molar-refractivity contribution in [1.82, 2.24) is 0 Å². The standard InChI is InChI=1S/C10H19Br/c1-2-5-9-6-3-4-7-10(11)8-9/h9-10H,2-8H2,1H3. The van der Waals surface area contributed by atoms with Gasteiger partial charge in [-0.2, -0.15) is 0 Å². The Morgan fingerprint density at radius 1 is 1.27 bits per heavy atom. The smallest absolute Gasteiger partial charge is 0.0148 e. The first-order chi connectivity index (χ1) is 5.33. The van der Waals surface area contributed by atoms with Crippen LogP contribution in [0.1, 0.15) is 51.9 Å². The topological polar surface area (TPSA) is 0 Å². The lowest BCUT2D eigenvalue weighted by Gasteiger charge is -2.14. The highest BCUT2D eigenvalue weighted by molar-refractivity contribution is 9.09. The van der Waals surface area contributed by atoms with E-state index >= 15 is 0 Å². The van der Waals surface area contributed by atoms with Gasteiger partial charge in [0.15, 0.2) is 0 Å². The van der Waals surface area contributed by atoms with E-state index in [0.717, 1.165) is 10.7 Å². The zero-order valence-electron chi connectivity index (χ0n) is 7.48. The summed E-state index contributed by atoms with van der Waals surface area (Å²) in [6.45, 7) is 2.30. The van der Waals surface area contributed by atoms with E-state index in [9.17, 15) is 0 Å². The van der Waals surface area contributed by atoms with Gasteiger partial charge in [0.2, 0.25) is 0 Å². The molecule has 1 heteroatoms. The Labute approximate surface area is 78.9 Å². The molecule has 0 radical (unpaired) electrons. The molecular weight excluding hydrogens is 200 g/mol. The van der Waals surface area contributed by atoms with Crippen LogP contribution in [0.3, 0.4) is 0 Å². The minimum Gasteiger partial charge on any atom is -0.0891 e. The number of halogens is 1. The average molecular weight is 219 g/mol. The van der Waals surface area contributed by atoms with Gasteiger partial charge in [0.25, 0.3) is 0 Å². The zero-order chi connectivity index (χ0) is 8.10. The molecule has 0 amide bonds. The van der Waals surface area contributed by atoms with E-state index in [1.165, 1.54) is 44.9 Å². The molecule has 0 N–H and O–H groups in total. The van der Waals surface area contributed by atoms with Gasteiger partial charge in [0.05, 0.1) is 0 Å². The molecule has 0 aromatic rings. The van der Waals surface area contributed by atoms with Crippen molar-refractivity contribution in [2.45, 2.75) is 56.7 Å². The van der Waals surface area contributed by atoms with Gasteiger partial charge in [-0.25, -0.2) is 0 Å². The molecule has 0 aromatic carbocycles. The molecule has 0 bridgehead atoms. The summed E-state index contributed by atoms with van der Waals surface area (Å²) in [5.41, 5.74) is 0. The summed E-state index contributed by atoms with van der Waals surface area (Å²) in [7, 11) is 0. The van der Waals surface area contributed by atoms with Gasteiger partial charge in [-0.1, -0.05) is 55.0 Å². The number of alkyl halides is 1. The molecule has 1 rings (SSSR count). The maximum Gasteiger partial charge on any atom is 0.0148 e. The lowest BCUT2D eigenvalue weighted by molar-refractivity contribution is 0.428. The first-order valence-electron chi connectivity index (χ1n) is 4.97. The largest absolute Gasteiger partial charge is 0.0891 e. The molecule has 0 aliphatic heterocycles. The predicted octanol–water partition coefficient (Wildman–Crippen LogP) is 4.13. The second-order valence-electron chi connectivity index (χ2n) is 3.77. The molecule has 66 valence electrons. The van der Waals surface area contributed by atoms with Crippen molar-refractivity contribution in [1.29, 1.82) is 0 Å². The third kappa shape index (κ3) is 3.59. The Morgan fingerprint density at radius 3 is 2.73 bits per heavy atom. The Balaban J connectivity index is 2.27. The maximum absolute atomic E-state index is 3.75. The van der Waals surface area contributed by atoms with Crippen LogP contribution in [0.5, 0.6) is 0 Å². The molecule has 0 spiro atoms. The highest BCUT2D eigenvalue weighted by Gasteiger charge is 2.16. The molecule has 1 aliphatic rings. The van der Waals surface area contributed by atoms with Crippen LogP contribution in [0.4, 0.5) is 0 Å². The van der Waals surface area contributed by atoms with Gasteiger partial charge >= 0.3 is 0 Å². The average Bonchev–Trinajstić information content (AvgIpc) is 2.15. The molecule has 2 atom stereocenters. The van der Waals surface area contributed by atoms with E-state index in [-0.39, 0.29) is 0 Å². The lowest BCUT2D eigenvalue weighted by atomic mass is 9.95. The summed E-state index contributed by atoms with van der Waals surface area (Å²) in [6.07, 6.45) is 10.0. The summed E-state index contributed by atoms with van der Waals surface area (Å²) in [5, 5.41) is 0. The molecule has 0 aromatic heterocycles. The third-order valence-corrected chi connectivity index (χ3v) is 3.50. The fourth-order valence-electron chi connectivity index (χ4n) is 2.07. The first-order valence-corrected chi connectivity index (χ1v) is 5.88. The summed E-state index contributed by atoms with van der Waals surface area (Å²) >= 11 is 3.75. The van der Waals surface area contributed by atoms with Crippen molar-refractivity contribution >= 4 is 15.9 Å². The van der Waals surface area contributed by atoms with Crippen LogP contribution in [0, 0.1) is 5.92 Å². The number of hydrogen-bond donors (Lipinski definition) is 0. The van der Waals surface area contributed by atoms with Crippen molar-refractivity contribution in [3.63, 3.8) is 0 Å². The fraction of sp³-hybridized carbons (Fsp3) is 1.00. The second-order valence-corrected chi connectivity index (χ2v) is 5.07. The highest BCUT2D eigenvalue weighted by Crippen LogP contribution is 2.30. The van der Waals surface area contributed by atoms with Crippen molar-refractivity contribution in [2.24, 2.45) is 5.92 Å². The van der Waals surface area contributed by atoms with E-state index in [2.05, 4.69) is 22.9 Å². The Hall–Kier alpha value is 0.480. The first kappa shape index (κ1) is 9.57. The van der Waals surface area contributed by atoms with Crippen LogP contribution in [-0.4, -0.2) is 4.83 Å². The van der Waals surface area contributed by atoms with E-state index in [4.69, 9.17) is 0 Å². The monoisotopic (exact) mass is 218 g/mol. The quantitative estimate of drug-likeness (QED) is 0.483. The minimum atomic E-state index is 0.821. The van der Waals surface area contributed by atoms with Crippen LogP contribution in [0.15, 0.2) is 0 Å². The molecule has 1 saturated carbocycles. The van der Waals surface area contributed by atoms with E-state index in [1.807, 2.05) is 0 Å². The number of rotatable bonds is 2. The Kier molecular flexibility index (Phi) is 4.51. The molecule has 0 nitrogen and oxygen atoms in total. The zero-order valence-corrected chi connectivity index (χ0v) is 9.07. The molecular formula is C10H19Br. The van der Waals surface area contributed by atoms with Crippen LogP contribution >= 0.6 is 15.9 Å². The van der Waals surface area contributed by atoms with Crippen LogP contribution < -0.4 is 0 Å². The second kappa shape index (κ2) is 5.18. The highest BCUT2D eigenvalue weighted by atomic mass is 79.9. The van der Waals surface area contributed by atoms with Crippen LogP contribution in [0.25, 0.3) is 0 Å². The molecule has 1 aliphatic carbocycles. The third-order valence-electron chi connectivity index (χ3n) is 2.67. The van der Waals surface area contributed by atoms with Gasteiger partial charge in [0, 0.05) is 4.83 Å². The van der Waals surface area contributed by atoms with Crippen molar-refractivity contribution in [3.05, 3.63) is 0 Å². The van der Waals surface area contributed by atoms with Crippen molar-refractivity contribution in [2.75, 3.05) is 0 Å². The molecule has 11 heavy (non-hydrogen) atoms. The van der Waals surface area contributed by atoms with Gasteiger partial charge in [0.1, 0.15) is 0 Å². The van der Waals surface area contributed by atoms with E-state index < -0.39 is 0 Å². The van der Waals surface area contributed by atoms with E-state index in [1.54, 1.807) is 0 Å². The Morgan fingerprint density at radius 2 is 2.00 bits per heavy atom. The van der Waals surface area contributed by atoms with Crippen LogP contribution in [0.2, 0.25) is 0 Å². The summed E-state index contributed by atoms with van der Waals surface area (Å²) in [5.74, 6) is 1.02. The van der Waals surface area contributed by atoms with Gasteiger partial charge in [-0.05, 0) is 18.8 Å². The van der Waals surface area contributed by atoms with Gasteiger partial charge in [-0.15, -0.1) is 0 Å². The Bertz CT molecular complexity index is 101. The summed E-state index contributed by atoms with van der Waals surface area (Å²) in [4.78, 5) is 0.821. The summed E-state index contributed by atoms with van der Waals surface area (Å²) in [6, 6.07) is 0. The minimum absolute atomic E-state index is 0.821. The molecule has 2 unspecified atom stereocenters. The normalized spacial score (nSPS) is 33.3. The SMILES string of the molecule is CCCC1CCCCC(Br)C1. The van der Waals surface area contributed by atoms with Crippen molar-refractivity contribution in [3.8, 4) is 0 Å². The van der Waals surface area contributed by atoms with E-state index in [0.29, 0.717) is 0 Å². The molecule has 0 heterocycles. The van der Waals surface area contributed by atoms with Gasteiger partial charge in [-0.3, -0.25) is 0 Å². The van der Waals surface area contributed by atoms with Crippen molar-refractivity contribution < 1.29 is 0 Å².